The molecule has 0 heterocycles. The molecule has 0 bridgehead atoms. The molecule has 4 heteroatoms. The summed E-state index contributed by atoms with van der Waals surface area (Å²) in [5, 5.41) is 0. The highest BCUT2D eigenvalue weighted by atomic mass is 16.7. The lowest BCUT2D eigenvalue weighted by Gasteiger charge is -2.25. The fourth-order valence-corrected chi connectivity index (χ4v) is 1.22. The first-order chi connectivity index (χ1) is 6.08. The Hall–Kier alpha value is -0.610. The van der Waals surface area contributed by atoms with Crippen LogP contribution in [-0.2, 0) is 19.0 Å². The highest BCUT2D eigenvalue weighted by Gasteiger charge is 2.32. The van der Waals surface area contributed by atoms with Crippen LogP contribution in [0.5, 0.6) is 0 Å². The lowest BCUT2D eigenvalue weighted by atomic mass is 9.95. The minimum Gasteiger partial charge on any atom is -0.469 e. The number of hydrogen-bond donors (Lipinski definition) is 0. The van der Waals surface area contributed by atoms with Gasteiger partial charge in [-0.1, -0.05) is 13.8 Å². The molecular formula is C9H18O4. The van der Waals surface area contributed by atoms with Crippen LogP contribution in [0.4, 0.5) is 0 Å². The van der Waals surface area contributed by atoms with E-state index in [1.807, 2.05) is 13.8 Å². The summed E-state index contributed by atoms with van der Waals surface area (Å²) in [7, 11) is 4.37. The van der Waals surface area contributed by atoms with Crippen LogP contribution in [0.2, 0.25) is 0 Å². The summed E-state index contributed by atoms with van der Waals surface area (Å²) >= 11 is 0. The van der Waals surface area contributed by atoms with Crippen molar-refractivity contribution >= 4 is 5.97 Å². The summed E-state index contributed by atoms with van der Waals surface area (Å²) < 4.78 is 14.7. The van der Waals surface area contributed by atoms with Crippen LogP contribution in [-0.4, -0.2) is 33.6 Å². The molecule has 0 saturated heterocycles. The predicted octanol–water partition coefficient (Wildman–Crippen LogP) is 1.05. The van der Waals surface area contributed by atoms with E-state index in [9.17, 15) is 4.79 Å². The molecule has 13 heavy (non-hydrogen) atoms. The largest absolute Gasteiger partial charge is 0.469 e. The van der Waals surface area contributed by atoms with E-state index in [0.29, 0.717) is 0 Å². The molecule has 4 nitrogen and oxygen atoms in total. The highest BCUT2D eigenvalue weighted by Crippen LogP contribution is 2.19. The third kappa shape index (κ3) is 3.32. The van der Waals surface area contributed by atoms with E-state index >= 15 is 0 Å². The number of rotatable bonds is 5. The first-order valence-electron chi connectivity index (χ1n) is 4.21. The topological polar surface area (TPSA) is 44.8 Å². The minimum atomic E-state index is -0.535. The van der Waals surface area contributed by atoms with Gasteiger partial charge in [0.05, 0.1) is 7.11 Å². The molecule has 0 rings (SSSR count). The molecule has 0 aromatic heterocycles. The molecule has 0 fully saturated rings. The molecule has 0 amide bonds. The Labute approximate surface area is 79.2 Å². The van der Waals surface area contributed by atoms with E-state index < -0.39 is 6.29 Å². The Morgan fingerprint density at radius 2 is 1.54 bits per heavy atom. The van der Waals surface area contributed by atoms with Crippen molar-refractivity contribution in [3.63, 3.8) is 0 Å². The predicted molar refractivity (Wildman–Crippen MR) is 48.2 cm³/mol. The molecule has 0 unspecified atom stereocenters. The number of ether oxygens (including phenoxy) is 3. The molecule has 78 valence electrons. The standard InChI is InChI=1S/C9H18O4/c1-6(2)7(8(10)11-3)9(12-4)13-5/h6-7,9H,1-5H3/t7-/m1/s1. The van der Waals surface area contributed by atoms with Crippen LogP contribution in [0.3, 0.4) is 0 Å². The van der Waals surface area contributed by atoms with E-state index in [2.05, 4.69) is 4.74 Å². The van der Waals surface area contributed by atoms with Crippen molar-refractivity contribution in [2.45, 2.75) is 20.1 Å². The maximum absolute atomic E-state index is 11.3. The first-order valence-corrected chi connectivity index (χ1v) is 4.21. The fourth-order valence-electron chi connectivity index (χ4n) is 1.22. The zero-order valence-corrected chi connectivity index (χ0v) is 8.87. The van der Waals surface area contributed by atoms with Crippen molar-refractivity contribution in [1.29, 1.82) is 0 Å². The Balaban J connectivity index is 4.47. The second-order valence-electron chi connectivity index (χ2n) is 3.13. The third-order valence-electron chi connectivity index (χ3n) is 1.95. The van der Waals surface area contributed by atoms with Gasteiger partial charge in [-0.3, -0.25) is 4.79 Å². The molecule has 0 saturated carbocycles. The van der Waals surface area contributed by atoms with Gasteiger partial charge in [0, 0.05) is 14.2 Å². The van der Waals surface area contributed by atoms with Gasteiger partial charge in [-0.25, -0.2) is 0 Å². The normalized spacial score (nSPS) is 13.5. The van der Waals surface area contributed by atoms with Gasteiger partial charge in [-0.15, -0.1) is 0 Å². The summed E-state index contributed by atoms with van der Waals surface area (Å²) in [5.74, 6) is -0.555. The van der Waals surface area contributed by atoms with Gasteiger partial charge in [-0.05, 0) is 5.92 Å². The van der Waals surface area contributed by atoms with Crippen molar-refractivity contribution < 1.29 is 19.0 Å². The van der Waals surface area contributed by atoms with Gasteiger partial charge in [0.25, 0.3) is 0 Å². The number of carbonyl (C=O) groups excluding carboxylic acids is 1. The molecule has 0 radical (unpaired) electrons. The van der Waals surface area contributed by atoms with E-state index in [0.717, 1.165) is 0 Å². The molecule has 0 aromatic rings. The van der Waals surface area contributed by atoms with Crippen LogP contribution in [0.1, 0.15) is 13.8 Å². The summed E-state index contributed by atoms with van der Waals surface area (Å²) in [6, 6.07) is 0. The third-order valence-corrected chi connectivity index (χ3v) is 1.95. The van der Waals surface area contributed by atoms with Gasteiger partial charge in [0.2, 0.25) is 0 Å². The lowest BCUT2D eigenvalue weighted by Crippen LogP contribution is -2.36. The molecule has 1 atom stereocenters. The SMILES string of the molecule is COC(=O)[C@@H](C(C)C)C(OC)OC. The molecular weight excluding hydrogens is 172 g/mol. The van der Waals surface area contributed by atoms with Crippen molar-refractivity contribution in [3.05, 3.63) is 0 Å². The molecule has 0 aliphatic carbocycles. The van der Waals surface area contributed by atoms with Crippen LogP contribution in [0, 0.1) is 11.8 Å². The van der Waals surface area contributed by atoms with E-state index in [-0.39, 0.29) is 17.8 Å². The van der Waals surface area contributed by atoms with Crippen molar-refractivity contribution in [2.24, 2.45) is 11.8 Å². The fraction of sp³-hybridized carbons (Fsp3) is 0.889. The van der Waals surface area contributed by atoms with Crippen molar-refractivity contribution in [1.82, 2.24) is 0 Å². The smallest absolute Gasteiger partial charge is 0.314 e. The van der Waals surface area contributed by atoms with Gasteiger partial charge in [0.15, 0.2) is 6.29 Å². The summed E-state index contributed by atoms with van der Waals surface area (Å²) in [6.07, 6.45) is -0.535. The van der Waals surface area contributed by atoms with E-state index in [1.54, 1.807) is 0 Å². The van der Waals surface area contributed by atoms with Gasteiger partial charge >= 0.3 is 5.97 Å². The number of carbonyl (C=O) groups is 1. The number of hydrogen-bond acceptors (Lipinski definition) is 4. The van der Waals surface area contributed by atoms with Crippen LogP contribution in [0.25, 0.3) is 0 Å². The van der Waals surface area contributed by atoms with Crippen LogP contribution in [0.15, 0.2) is 0 Å². The zero-order chi connectivity index (χ0) is 10.4. The second-order valence-corrected chi connectivity index (χ2v) is 3.13. The zero-order valence-electron chi connectivity index (χ0n) is 8.87. The first kappa shape index (κ1) is 12.4. The average Bonchev–Trinajstić information content (AvgIpc) is 2.12. The average molecular weight is 190 g/mol. The molecule has 0 spiro atoms. The minimum absolute atomic E-state index is 0.123. The second kappa shape index (κ2) is 5.94. The lowest BCUT2D eigenvalue weighted by molar-refractivity contribution is -0.180. The summed E-state index contributed by atoms with van der Waals surface area (Å²) in [4.78, 5) is 11.3. The maximum Gasteiger partial charge on any atom is 0.314 e. The van der Waals surface area contributed by atoms with Crippen LogP contribution < -0.4 is 0 Å². The molecule has 0 aliphatic heterocycles. The Bertz CT molecular complexity index is 152. The maximum atomic E-state index is 11.3. The Morgan fingerprint density at radius 3 is 1.77 bits per heavy atom. The van der Waals surface area contributed by atoms with Crippen LogP contribution >= 0.6 is 0 Å². The molecule has 0 aliphatic rings. The molecule has 0 aromatic carbocycles. The van der Waals surface area contributed by atoms with E-state index in [1.165, 1.54) is 21.3 Å². The van der Waals surface area contributed by atoms with Crippen molar-refractivity contribution in [2.75, 3.05) is 21.3 Å². The highest BCUT2D eigenvalue weighted by molar-refractivity contribution is 5.73. The number of methoxy groups -OCH3 is 3. The monoisotopic (exact) mass is 190 g/mol. The quantitative estimate of drug-likeness (QED) is 0.480. The molecule has 0 N–H and O–H groups in total. The Morgan fingerprint density at radius 1 is 1.08 bits per heavy atom. The summed E-state index contributed by atoms with van der Waals surface area (Å²) in [6.45, 7) is 3.85. The summed E-state index contributed by atoms with van der Waals surface area (Å²) in [5.41, 5.74) is 0. The number of esters is 1. The van der Waals surface area contributed by atoms with Crippen molar-refractivity contribution in [3.8, 4) is 0 Å². The van der Waals surface area contributed by atoms with E-state index in [4.69, 9.17) is 9.47 Å². The van der Waals surface area contributed by atoms with Gasteiger partial charge in [0.1, 0.15) is 5.92 Å². The van der Waals surface area contributed by atoms with Gasteiger partial charge in [-0.2, -0.15) is 0 Å². The Kier molecular flexibility index (Phi) is 5.66. The van der Waals surface area contributed by atoms with Gasteiger partial charge < -0.3 is 14.2 Å².